The number of benzene rings is 1. The van der Waals surface area contributed by atoms with Crippen LogP contribution in [-0.2, 0) is 7.05 Å². The molecular formula is C22H21Cl2F3N4O3S. The number of ether oxygens (including phenoxy) is 2. The van der Waals surface area contributed by atoms with E-state index in [1.165, 1.54) is 12.3 Å². The van der Waals surface area contributed by atoms with Gasteiger partial charge in [-0.05, 0) is 43.4 Å². The van der Waals surface area contributed by atoms with Crippen LogP contribution in [0.3, 0.4) is 0 Å². The van der Waals surface area contributed by atoms with Crippen molar-refractivity contribution in [1.82, 2.24) is 19.9 Å². The third kappa shape index (κ3) is 5.90. The smallest absolute Gasteiger partial charge is 0.422 e. The number of halogens is 5. The summed E-state index contributed by atoms with van der Waals surface area (Å²) in [6.07, 6.45) is -1.64. The van der Waals surface area contributed by atoms with Gasteiger partial charge in [0.15, 0.2) is 23.9 Å². The molecule has 0 aliphatic carbocycles. The summed E-state index contributed by atoms with van der Waals surface area (Å²) < 4.78 is 50.0. The molecule has 0 radical (unpaired) electrons. The molecule has 1 aromatic carbocycles. The number of imidazole rings is 1. The van der Waals surface area contributed by atoms with Crippen LogP contribution in [0.15, 0.2) is 24.4 Å². The number of amides is 1. The molecule has 3 aromatic rings. The molecule has 2 aromatic heterocycles. The summed E-state index contributed by atoms with van der Waals surface area (Å²) in [6, 6.07) is 4.32. The average molecular weight is 549 g/mol. The fourth-order valence-corrected chi connectivity index (χ4v) is 5.40. The summed E-state index contributed by atoms with van der Waals surface area (Å²) in [7, 11) is 1.70. The number of pyridine rings is 1. The number of carbonyl (C=O) groups excluding carboxylic acids is 1. The Kier molecular flexibility index (Phi) is 7.31. The van der Waals surface area contributed by atoms with Crippen molar-refractivity contribution in [2.75, 3.05) is 18.1 Å². The second-order valence-corrected chi connectivity index (χ2v) is 10.4. The molecule has 3 heterocycles. The van der Waals surface area contributed by atoms with Crippen molar-refractivity contribution < 1.29 is 27.4 Å². The maximum Gasteiger partial charge on any atom is 0.422 e. The number of thioether (sulfide) groups is 1. The molecule has 1 saturated heterocycles. The van der Waals surface area contributed by atoms with E-state index >= 15 is 0 Å². The maximum atomic E-state index is 13.0. The zero-order chi connectivity index (χ0) is 25.4. The molecule has 1 N–H and O–H groups in total. The fraction of sp³-hybridized carbons (Fsp3) is 0.409. The van der Waals surface area contributed by atoms with Gasteiger partial charge >= 0.3 is 6.18 Å². The van der Waals surface area contributed by atoms with E-state index in [0.717, 1.165) is 30.4 Å². The Morgan fingerprint density at radius 3 is 2.66 bits per heavy atom. The number of nitrogens with zero attached hydrogens (tertiary/aromatic N) is 3. The third-order valence-electron chi connectivity index (χ3n) is 5.55. The Morgan fingerprint density at radius 1 is 1.26 bits per heavy atom. The van der Waals surface area contributed by atoms with Gasteiger partial charge in [-0.25, -0.2) is 9.97 Å². The molecule has 0 atom stereocenters. The minimum atomic E-state index is -4.56. The van der Waals surface area contributed by atoms with E-state index in [4.69, 9.17) is 32.7 Å². The molecule has 0 saturated carbocycles. The minimum absolute atomic E-state index is 0.0657. The van der Waals surface area contributed by atoms with Crippen molar-refractivity contribution >= 4 is 51.9 Å². The summed E-state index contributed by atoms with van der Waals surface area (Å²) in [5.41, 5.74) is 0.563. The lowest BCUT2D eigenvalue weighted by Crippen LogP contribution is -2.48. The molecule has 0 spiro atoms. The van der Waals surface area contributed by atoms with E-state index < -0.39 is 12.8 Å². The van der Waals surface area contributed by atoms with Crippen LogP contribution in [-0.4, -0.2) is 50.3 Å². The SMILES string of the molecule is Cn1c(C(=O)NC2(C)CCSCC2)nc2c(Cl)c(Oc3ncc(Cl)cc3OCC(F)(F)F)ccc21. The van der Waals surface area contributed by atoms with Crippen LogP contribution >= 0.6 is 35.0 Å². The molecule has 4 rings (SSSR count). The van der Waals surface area contributed by atoms with Crippen molar-refractivity contribution in [1.29, 1.82) is 0 Å². The minimum Gasteiger partial charge on any atom is -0.478 e. The highest BCUT2D eigenvalue weighted by atomic mass is 35.5. The van der Waals surface area contributed by atoms with E-state index in [2.05, 4.69) is 15.3 Å². The Hall–Kier alpha value is -2.37. The first-order chi connectivity index (χ1) is 16.5. The fourth-order valence-electron chi connectivity index (χ4n) is 3.62. The van der Waals surface area contributed by atoms with Crippen LogP contribution in [0.25, 0.3) is 11.0 Å². The van der Waals surface area contributed by atoms with Gasteiger partial charge in [-0.3, -0.25) is 4.79 Å². The predicted octanol–water partition coefficient (Wildman–Crippen LogP) is 6.02. The molecule has 1 amide bonds. The van der Waals surface area contributed by atoms with Crippen molar-refractivity contribution in [3.8, 4) is 17.4 Å². The summed E-state index contributed by atoms with van der Waals surface area (Å²) >= 11 is 14.2. The summed E-state index contributed by atoms with van der Waals surface area (Å²) in [4.78, 5) is 21.4. The lowest BCUT2D eigenvalue weighted by Gasteiger charge is -2.34. The third-order valence-corrected chi connectivity index (χ3v) is 7.11. The van der Waals surface area contributed by atoms with Gasteiger partial charge < -0.3 is 19.4 Å². The van der Waals surface area contributed by atoms with E-state index in [0.29, 0.717) is 11.0 Å². The number of carbonyl (C=O) groups is 1. The van der Waals surface area contributed by atoms with Gasteiger partial charge in [0.25, 0.3) is 11.8 Å². The van der Waals surface area contributed by atoms with Gasteiger partial charge in [-0.15, -0.1) is 0 Å². The second-order valence-electron chi connectivity index (χ2n) is 8.33. The van der Waals surface area contributed by atoms with Crippen LogP contribution < -0.4 is 14.8 Å². The van der Waals surface area contributed by atoms with Crippen molar-refractivity contribution in [2.45, 2.75) is 31.5 Å². The van der Waals surface area contributed by atoms with Gasteiger partial charge in [-0.2, -0.15) is 24.9 Å². The number of rotatable bonds is 6. The van der Waals surface area contributed by atoms with Gasteiger partial charge in [-0.1, -0.05) is 23.2 Å². The standard InChI is InChI=1S/C22H21Cl2F3N4O3S/c1-21(5-7-35-8-6-21)30-19(32)18-29-17-13(31(18)2)3-4-14(16(17)24)34-20-15(9-12(23)10-28-20)33-11-22(25,26)27/h3-4,9-10H,5-8,11H2,1-2H3,(H,30,32). The number of hydrogen-bond acceptors (Lipinski definition) is 6. The summed E-state index contributed by atoms with van der Waals surface area (Å²) in [6.45, 7) is 0.470. The zero-order valence-corrected chi connectivity index (χ0v) is 21.0. The van der Waals surface area contributed by atoms with Crippen LogP contribution in [0.5, 0.6) is 17.4 Å². The molecule has 0 bridgehead atoms. The highest BCUT2D eigenvalue weighted by molar-refractivity contribution is 7.99. The van der Waals surface area contributed by atoms with E-state index in [-0.39, 0.29) is 44.7 Å². The molecule has 1 fully saturated rings. The highest BCUT2D eigenvalue weighted by Gasteiger charge is 2.31. The zero-order valence-electron chi connectivity index (χ0n) is 18.7. The number of aryl methyl sites for hydroxylation is 1. The van der Waals surface area contributed by atoms with Crippen molar-refractivity contribution in [3.63, 3.8) is 0 Å². The Bertz CT molecular complexity index is 1260. The molecule has 1 aliphatic rings. The first-order valence-electron chi connectivity index (χ1n) is 10.5. The largest absolute Gasteiger partial charge is 0.478 e. The Morgan fingerprint density at radius 2 is 1.97 bits per heavy atom. The van der Waals surface area contributed by atoms with Crippen LogP contribution in [0, 0.1) is 0 Å². The van der Waals surface area contributed by atoms with E-state index in [1.807, 2.05) is 18.7 Å². The molecule has 0 unspecified atom stereocenters. The molecule has 7 nitrogen and oxygen atoms in total. The normalized spacial score (nSPS) is 15.7. The van der Waals surface area contributed by atoms with E-state index in [9.17, 15) is 18.0 Å². The maximum absolute atomic E-state index is 13.0. The Balaban J connectivity index is 1.62. The van der Waals surface area contributed by atoms with Gasteiger partial charge in [0.2, 0.25) is 0 Å². The summed E-state index contributed by atoms with van der Waals surface area (Å²) in [5.74, 6) is 1.32. The number of aromatic nitrogens is 3. The lowest BCUT2D eigenvalue weighted by molar-refractivity contribution is -0.153. The highest BCUT2D eigenvalue weighted by Crippen LogP contribution is 2.39. The van der Waals surface area contributed by atoms with Crippen LogP contribution in [0.1, 0.15) is 30.4 Å². The second kappa shape index (κ2) is 9.94. The van der Waals surface area contributed by atoms with Crippen LogP contribution in [0.2, 0.25) is 10.0 Å². The van der Waals surface area contributed by atoms with Crippen molar-refractivity contribution in [3.05, 3.63) is 40.3 Å². The number of fused-ring (bicyclic) bond motifs is 1. The Labute approximate surface area is 213 Å². The molecule has 1 aliphatic heterocycles. The average Bonchev–Trinajstić information content (AvgIpc) is 3.12. The van der Waals surface area contributed by atoms with Gasteiger partial charge in [0, 0.05) is 24.8 Å². The quantitative estimate of drug-likeness (QED) is 0.405. The summed E-state index contributed by atoms with van der Waals surface area (Å²) in [5, 5.41) is 3.22. The lowest BCUT2D eigenvalue weighted by atomic mass is 9.95. The monoisotopic (exact) mass is 548 g/mol. The molecular weight excluding hydrogens is 528 g/mol. The number of alkyl halides is 3. The number of hydrogen-bond donors (Lipinski definition) is 1. The van der Waals surface area contributed by atoms with Gasteiger partial charge in [0.05, 0.1) is 10.5 Å². The first kappa shape index (κ1) is 25.7. The molecule has 188 valence electrons. The predicted molar refractivity (Wildman–Crippen MR) is 129 cm³/mol. The topological polar surface area (TPSA) is 78.3 Å². The van der Waals surface area contributed by atoms with Crippen molar-refractivity contribution in [2.24, 2.45) is 7.05 Å². The molecule has 13 heteroatoms. The molecule has 35 heavy (non-hydrogen) atoms. The van der Waals surface area contributed by atoms with E-state index in [1.54, 1.807) is 17.7 Å². The van der Waals surface area contributed by atoms with Gasteiger partial charge in [0.1, 0.15) is 10.5 Å². The number of nitrogens with one attached hydrogen (secondary N) is 1. The van der Waals surface area contributed by atoms with Crippen LogP contribution in [0.4, 0.5) is 13.2 Å². The first-order valence-corrected chi connectivity index (χ1v) is 12.4.